The summed E-state index contributed by atoms with van der Waals surface area (Å²) in [5.41, 5.74) is 4.01. The van der Waals surface area contributed by atoms with Crippen molar-refractivity contribution in [2.45, 2.75) is 37.8 Å². The van der Waals surface area contributed by atoms with Crippen molar-refractivity contribution in [3.8, 4) is 0 Å². The van der Waals surface area contributed by atoms with Crippen molar-refractivity contribution in [3.05, 3.63) is 53.1 Å². The first-order valence-corrected chi connectivity index (χ1v) is 12.8. The summed E-state index contributed by atoms with van der Waals surface area (Å²) >= 11 is 1.71. The van der Waals surface area contributed by atoms with Crippen molar-refractivity contribution in [3.63, 3.8) is 0 Å². The highest BCUT2D eigenvalue weighted by Gasteiger charge is 2.25. The van der Waals surface area contributed by atoms with Gasteiger partial charge in [-0.3, -0.25) is 4.79 Å². The van der Waals surface area contributed by atoms with E-state index >= 15 is 0 Å². The number of carbonyl (C=O) groups excluding carboxylic acids is 1. The number of rotatable bonds is 4. The van der Waals surface area contributed by atoms with Crippen molar-refractivity contribution in [1.29, 1.82) is 0 Å². The maximum Gasteiger partial charge on any atom is 0.253 e. The quantitative estimate of drug-likeness (QED) is 0.591. The largest absolute Gasteiger partial charge is 0.345 e. The van der Waals surface area contributed by atoms with Gasteiger partial charge in [-0.05, 0) is 69.2 Å². The van der Waals surface area contributed by atoms with Crippen LogP contribution in [0.15, 0.2) is 41.3 Å². The van der Waals surface area contributed by atoms with Gasteiger partial charge >= 0.3 is 0 Å². The van der Waals surface area contributed by atoms with E-state index in [9.17, 15) is 13.2 Å². The summed E-state index contributed by atoms with van der Waals surface area (Å²) in [6.45, 7) is 10.2. The number of carbonyl (C=O) groups is 1. The Labute approximate surface area is 187 Å². The molecule has 0 aliphatic carbocycles. The van der Waals surface area contributed by atoms with Crippen molar-refractivity contribution < 1.29 is 13.2 Å². The number of anilines is 1. The van der Waals surface area contributed by atoms with Crippen LogP contribution in [-0.4, -0.2) is 55.6 Å². The standard InChI is InChI=1S/C23H27N3O3S2/c1-15(2)31(28,29)19-7-5-18(6-8-19)22(27)25-9-11-26(12-10-25)23-24-20-14-16(3)13-17(4)21(20)30-23/h5-8,13-15H,9-12H2,1-4H3. The van der Waals surface area contributed by atoms with Crippen LogP contribution in [0, 0.1) is 13.8 Å². The minimum Gasteiger partial charge on any atom is -0.345 e. The molecule has 1 aliphatic heterocycles. The Morgan fingerprint density at radius 3 is 2.29 bits per heavy atom. The average molecular weight is 458 g/mol. The smallest absolute Gasteiger partial charge is 0.253 e. The first-order chi connectivity index (χ1) is 14.7. The zero-order valence-corrected chi connectivity index (χ0v) is 19.9. The monoisotopic (exact) mass is 457 g/mol. The molecule has 8 heteroatoms. The van der Waals surface area contributed by atoms with Gasteiger partial charge in [0.05, 0.1) is 20.4 Å². The average Bonchev–Trinajstić information content (AvgIpc) is 3.18. The molecule has 0 N–H and O–H groups in total. The van der Waals surface area contributed by atoms with Crippen LogP contribution in [0.3, 0.4) is 0 Å². The van der Waals surface area contributed by atoms with Gasteiger partial charge in [-0.1, -0.05) is 17.4 Å². The van der Waals surface area contributed by atoms with Gasteiger partial charge in [0.2, 0.25) is 0 Å². The van der Waals surface area contributed by atoms with Gasteiger partial charge in [-0.15, -0.1) is 0 Å². The molecular formula is C23H27N3O3S2. The lowest BCUT2D eigenvalue weighted by Gasteiger charge is -2.34. The molecule has 1 aromatic heterocycles. The number of aromatic nitrogens is 1. The number of amides is 1. The molecule has 31 heavy (non-hydrogen) atoms. The molecule has 0 unspecified atom stereocenters. The third kappa shape index (κ3) is 4.19. The van der Waals surface area contributed by atoms with E-state index in [1.54, 1.807) is 37.3 Å². The molecule has 1 fully saturated rings. The van der Waals surface area contributed by atoms with Gasteiger partial charge in [-0.25, -0.2) is 13.4 Å². The minimum atomic E-state index is -3.34. The normalized spacial score (nSPS) is 15.1. The molecule has 0 bridgehead atoms. The van der Waals surface area contributed by atoms with Crippen LogP contribution >= 0.6 is 11.3 Å². The Hall–Kier alpha value is -2.45. The molecule has 1 aliphatic rings. The molecule has 1 amide bonds. The summed E-state index contributed by atoms with van der Waals surface area (Å²) < 4.78 is 25.8. The highest BCUT2D eigenvalue weighted by molar-refractivity contribution is 7.92. The number of nitrogens with zero attached hydrogens (tertiary/aromatic N) is 3. The summed E-state index contributed by atoms with van der Waals surface area (Å²) in [7, 11) is -3.34. The van der Waals surface area contributed by atoms with Gasteiger partial charge in [-0.2, -0.15) is 0 Å². The van der Waals surface area contributed by atoms with E-state index in [0.717, 1.165) is 23.7 Å². The van der Waals surface area contributed by atoms with Crippen LogP contribution in [-0.2, 0) is 9.84 Å². The molecular weight excluding hydrogens is 430 g/mol. The number of hydrogen-bond acceptors (Lipinski definition) is 6. The zero-order chi connectivity index (χ0) is 22.3. The Bertz CT molecular complexity index is 1220. The summed E-state index contributed by atoms with van der Waals surface area (Å²) in [6, 6.07) is 10.6. The highest BCUT2D eigenvalue weighted by atomic mass is 32.2. The number of thiazole rings is 1. The third-order valence-electron chi connectivity index (χ3n) is 5.70. The third-order valence-corrected chi connectivity index (χ3v) is 9.13. The van der Waals surface area contributed by atoms with Gasteiger partial charge in [0.15, 0.2) is 15.0 Å². The summed E-state index contributed by atoms with van der Waals surface area (Å²) in [5, 5.41) is 0.511. The van der Waals surface area contributed by atoms with Crippen LogP contribution in [0.4, 0.5) is 5.13 Å². The Morgan fingerprint density at radius 1 is 1.03 bits per heavy atom. The van der Waals surface area contributed by atoms with Gasteiger partial charge in [0.1, 0.15) is 0 Å². The molecule has 0 saturated carbocycles. The molecule has 3 aromatic rings. The van der Waals surface area contributed by atoms with Crippen LogP contribution < -0.4 is 4.90 Å². The summed E-state index contributed by atoms with van der Waals surface area (Å²) in [5.74, 6) is -0.0658. The number of sulfone groups is 1. The molecule has 2 aromatic carbocycles. The maximum atomic E-state index is 12.9. The molecule has 2 heterocycles. The summed E-state index contributed by atoms with van der Waals surface area (Å²) in [6.07, 6.45) is 0. The van der Waals surface area contributed by atoms with E-state index in [2.05, 4.69) is 30.9 Å². The lowest BCUT2D eigenvalue weighted by Crippen LogP contribution is -2.48. The van der Waals surface area contributed by atoms with Crippen LogP contribution in [0.1, 0.15) is 35.3 Å². The Balaban J connectivity index is 1.44. The Morgan fingerprint density at radius 2 is 1.68 bits per heavy atom. The van der Waals surface area contributed by atoms with Gasteiger partial charge in [0, 0.05) is 31.7 Å². The second-order valence-corrected chi connectivity index (χ2v) is 11.8. The SMILES string of the molecule is Cc1cc(C)c2sc(N3CCN(C(=O)c4ccc(S(=O)(=O)C(C)C)cc4)CC3)nc2c1. The van der Waals surface area contributed by atoms with Crippen molar-refractivity contribution in [2.75, 3.05) is 31.1 Å². The number of fused-ring (bicyclic) bond motifs is 1. The number of hydrogen-bond donors (Lipinski definition) is 0. The molecule has 0 spiro atoms. The van der Waals surface area contributed by atoms with Crippen molar-refractivity contribution in [2.24, 2.45) is 0 Å². The van der Waals surface area contributed by atoms with E-state index in [1.807, 2.05) is 4.90 Å². The molecule has 6 nitrogen and oxygen atoms in total. The van der Waals surface area contributed by atoms with Crippen molar-refractivity contribution >= 4 is 42.4 Å². The molecule has 4 rings (SSSR count). The van der Waals surface area contributed by atoms with E-state index < -0.39 is 15.1 Å². The van der Waals surface area contributed by atoms with Crippen molar-refractivity contribution in [1.82, 2.24) is 9.88 Å². The molecule has 164 valence electrons. The molecule has 0 radical (unpaired) electrons. The number of piperazine rings is 1. The lowest BCUT2D eigenvalue weighted by atomic mass is 10.1. The number of benzene rings is 2. The lowest BCUT2D eigenvalue weighted by molar-refractivity contribution is 0.0746. The predicted octanol–water partition coefficient (Wildman–Crippen LogP) is 4.06. The van der Waals surface area contributed by atoms with E-state index in [-0.39, 0.29) is 10.8 Å². The summed E-state index contributed by atoms with van der Waals surface area (Å²) in [4.78, 5) is 22.0. The maximum absolute atomic E-state index is 12.9. The Kier molecular flexibility index (Phi) is 5.79. The van der Waals surface area contributed by atoms with Crippen LogP contribution in [0.5, 0.6) is 0 Å². The molecule has 0 atom stereocenters. The predicted molar refractivity (Wildman–Crippen MR) is 126 cm³/mol. The first-order valence-electron chi connectivity index (χ1n) is 10.4. The van der Waals surface area contributed by atoms with Gasteiger partial charge in [0.25, 0.3) is 5.91 Å². The highest BCUT2D eigenvalue weighted by Crippen LogP contribution is 2.32. The van der Waals surface area contributed by atoms with E-state index in [4.69, 9.17) is 4.98 Å². The second-order valence-electron chi connectivity index (χ2n) is 8.32. The fourth-order valence-electron chi connectivity index (χ4n) is 3.84. The fraction of sp³-hybridized carbons (Fsp3) is 0.391. The zero-order valence-electron chi connectivity index (χ0n) is 18.3. The minimum absolute atomic E-state index is 0.0658. The van der Waals surface area contributed by atoms with E-state index in [0.29, 0.717) is 18.7 Å². The van der Waals surface area contributed by atoms with Crippen LogP contribution in [0.25, 0.3) is 10.2 Å². The van der Waals surface area contributed by atoms with Gasteiger partial charge < -0.3 is 9.80 Å². The van der Waals surface area contributed by atoms with E-state index in [1.165, 1.54) is 28.0 Å². The first kappa shape index (κ1) is 21.8. The fourth-order valence-corrected chi connectivity index (χ4v) is 5.97. The van der Waals surface area contributed by atoms with Crippen LogP contribution in [0.2, 0.25) is 0 Å². The number of aryl methyl sites for hydroxylation is 2. The topological polar surface area (TPSA) is 70.6 Å². The second kappa shape index (κ2) is 8.24. The molecule has 1 saturated heterocycles.